The highest BCUT2D eigenvalue weighted by Crippen LogP contribution is 2.30. The Morgan fingerprint density at radius 3 is 3.27 bits per heavy atom. The van der Waals surface area contributed by atoms with Crippen molar-refractivity contribution in [3.8, 4) is 0 Å². The first-order valence-corrected chi connectivity index (χ1v) is 6.29. The first-order valence-electron chi connectivity index (χ1n) is 5.31. The Labute approximate surface area is 92.6 Å². The smallest absolute Gasteiger partial charge is 0.210 e. The number of nitrogens with zero attached hydrogens (tertiary/aromatic N) is 3. The normalized spacial score (nSPS) is 29.9. The van der Waals surface area contributed by atoms with Crippen LogP contribution in [0.3, 0.4) is 0 Å². The average molecular weight is 226 g/mol. The van der Waals surface area contributed by atoms with Gasteiger partial charge >= 0.3 is 0 Å². The second-order valence-electron chi connectivity index (χ2n) is 4.02. The minimum absolute atomic E-state index is 0.129. The SMILES string of the molecule is CC1CSc2nnc(C3CCCO3)n2N1. The Balaban J connectivity index is 1.92. The molecule has 3 rings (SSSR count). The number of fused-ring (bicyclic) bond motifs is 1. The van der Waals surface area contributed by atoms with Gasteiger partial charge in [-0.1, -0.05) is 11.8 Å². The summed E-state index contributed by atoms with van der Waals surface area (Å²) in [4.78, 5) is 0. The average Bonchev–Trinajstić information content (AvgIpc) is 2.83. The summed E-state index contributed by atoms with van der Waals surface area (Å²) in [6.45, 7) is 3.00. The van der Waals surface area contributed by atoms with E-state index in [2.05, 4.69) is 22.5 Å². The van der Waals surface area contributed by atoms with E-state index in [9.17, 15) is 0 Å². The zero-order chi connectivity index (χ0) is 10.3. The molecule has 3 heterocycles. The molecule has 6 heteroatoms. The summed E-state index contributed by atoms with van der Waals surface area (Å²) in [5.74, 6) is 1.98. The highest BCUT2D eigenvalue weighted by molar-refractivity contribution is 7.99. The van der Waals surface area contributed by atoms with E-state index in [0.717, 1.165) is 36.2 Å². The third-order valence-corrected chi connectivity index (χ3v) is 3.88. The lowest BCUT2D eigenvalue weighted by molar-refractivity contribution is 0.102. The molecule has 0 radical (unpaired) electrons. The molecular formula is C9H14N4OS. The van der Waals surface area contributed by atoms with Crippen molar-refractivity contribution >= 4 is 11.8 Å². The zero-order valence-corrected chi connectivity index (χ0v) is 9.46. The fourth-order valence-corrected chi connectivity index (χ4v) is 2.79. The quantitative estimate of drug-likeness (QED) is 0.779. The van der Waals surface area contributed by atoms with Gasteiger partial charge in [-0.15, -0.1) is 10.2 Å². The number of aromatic nitrogens is 3. The van der Waals surface area contributed by atoms with Gasteiger partial charge in [-0.25, -0.2) is 4.68 Å². The van der Waals surface area contributed by atoms with Crippen LogP contribution < -0.4 is 5.43 Å². The highest BCUT2D eigenvalue weighted by Gasteiger charge is 2.28. The molecule has 2 unspecified atom stereocenters. The van der Waals surface area contributed by atoms with E-state index in [1.807, 2.05) is 4.68 Å². The van der Waals surface area contributed by atoms with Crippen LogP contribution >= 0.6 is 11.8 Å². The van der Waals surface area contributed by atoms with Gasteiger partial charge in [0.25, 0.3) is 0 Å². The standard InChI is InChI=1S/C9H14N4OS/c1-6-5-15-9-11-10-8(13(9)12-6)7-3-2-4-14-7/h6-7,12H,2-5H2,1H3. The van der Waals surface area contributed by atoms with E-state index in [1.165, 1.54) is 0 Å². The van der Waals surface area contributed by atoms with Crippen LogP contribution in [0.5, 0.6) is 0 Å². The summed E-state index contributed by atoms with van der Waals surface area (Å²) < 4.78 is 7.62. The van der Waals surface area contributed by atoms with Crippen molar-refractivity contribution < 1.29 is 4.74 Å². The zero-order valence-electron chi connectivity index (χ0n) is 8.64. The Bertz CT molecular complexity index is 361. The van der Waals surface area contributed by atoms with E-state index >= 15 is 0 Å². The fourth-order valence-electron chi connectivity index (χ4n) is 1.94. The highest BCUT2D eigenvalue weighted by atomic mass is 32.2. The lowest BCUT2D eigenvalue weighted by Gasteiger charge is -2.24. The summed E-state index contributed by atoms with van der Waals surface area (Å²) in [5, 5.41) is 9.35. The Morgan fingerprint density at radius 1 is 1.53 bits per heavy atom. The van der Waals surface area contributed by atoms with Gasteiger partial charge in [-0.05, 0) is 19.8 Å². The maximum absolute atomic E-state index is 5.63. The maximum Gasteiger partial charge on any atom is 0.210 e. The number of thioether (sulfide) groups is 1. The van der Waals surface area contributed by atoms with Crippen molar-refractivity contribution in [1.82, 2.24) is 14.9 Å². The molecule has 5 nitrogen and oxygen atoms in total. The van der Waals surface area contributed by atoms with Gasteiger partial charge in [0.05, 0.1) is 0 Å². The van der Waals surface area contributed by atoms with Crippen LogP contribution in [0.2, 0.25) is 0 Å². The van der Waals surface area contributed by atoms with E-state index < -0.39 is 0 Å². The van der Waals surface area contributed by atoms with Crippen LogP contribution in [0.25, 0.3) is 0 Å². The van der Waals surface area contributed by atoms with Crippen LogP contribution in [0.4, 0.5) is 0 Å². The second kappa shape index (κ2) is 3.68. The second-order valence-corrected chi connectivity index (χ2v) is 5.01. The maximum atomic E-state index is 5.63. The lowest BCUT2D eigenvalue weighted by Crippen LogP contribution is -2.33. The molecule has 0 aliphatic carbocycles. The number of hydrogen-bond donors (Lipinski definition) is 1. The van der Waals surface area contributed by atoms with Gasteiger partial charge in [0.1, 0.15) is 6.10 Å². The van der Waals surface area contributed by atoms with Crippen molar-refractivity contribution in [2.75, 3.05) is 17.8 Å². The van der Waals surface area contributed by atoms with Crippen molar-refractivity contribution in [2.24, 2.45) is 0 Å². The van der Waals surface area contributed by atoms with Gasteiger partial charge in [0, 0.05) is 18.4 Å². The van der Waals surface area contributed by atoms with Crippen molar-refractivity contribution in [2.45, 2.75) is 37.1 Å². The van der Waals surface area contributed by atoms with Crippen LogP contribution in [-0.2, 0) is 4.74 Å². The minimum Gasteiger partial charge on any atom is -0.370 e. The summed E-state index contributed by atoms with van der Waals surface area (Å²) in [6.07, 6.45) is 2.30. The topological polar surface area (TPSA) is 52.0 Å². The largest absolute Gasteiger partial charge is 0.370 e. The van der Waals surface area contributed by atoms with E-state index in [1.54, 1.807) is 11.8 Å². The van der Waals surface area contributed by atoms with Gasteiger partial charge in [0.15, 0.2) is 5.82 Å². The predicted octanol–water partition coefficient (Wildman–Crippen LogP) is 1.17. The fraction of sp³-hybridized carbons (Fsp3) is 0.778. The molecule has 1 aromatic rings. The monoisotopic (exact) mass is 226 g/mol. The molecule has 0 spiro atoms. The summed E-state index contributed by atoms with van der Waals surface area (Å²) in [7, 11) is 0. The van der Waals surface area contributed by atoms with E-state index in [-0.39, 0.29) is 6.10 Å². The Kier molecular flexibility index (Phi) is 2.32. The van der Waals surface area contributed by atoms with Gasteiger partial charge in [0.2, 0.25) is 5.16 Å². The number of nitrogens with one attached hydrogen (secondary N) is 1. The van der Waals surface area contributed by atoms with Gasteiger partial charge < -0.3 is 10.2 Å². The molecule has 1 saturated heterocycles. The van der Waals surface area contributed by atoms with E-state index in [4.69, 9.17) is 4.74 Å². The lowest BCUT2D eigenvalue weighted by atomic mass is 10.2. The molecule has 2 atom stereocenters. The molecule has 0 saturated carbocycles. The first-order chi connectivity index (χ1) is 7.34. The van der Waals surface area contributed by atoms with Crippen molar-refractivity contribution in [1.29, 1.82) is 0 Å². The Morgan fingerprint density at radius 2 is 2.47 bits per heavy atom. The third-order valence-electron chi connectivity index (χ3n) is 2.69. The summed E-state index contributed by atoms with van der Waals surface area (Å²) in [6, 6.07) is 0.457. The minimum atomic E-state index is 0.129. The van der Waals surface area contributed by atoms with Gasteiger partial charge in [-0.3, -0.25) is 0 Å². The molecular weight excluding hydrogens is 212 g/mol. The molecule has 1 fully saturated rings. The molecule has 1 aromatic heterocycles. The summed E-state index contributed by atoms with van der Waals surface area (Å²) >= 11 is 1.75. The molecule has 2 aliphatic heterocycles. The molecule has 0 bridgehead atoms. The molecule has 0 aromatic carbocycles. The molecule has 1 N–H and O–H groups in total. The van der Waals surface area contributed by atoms with Crippen LogP contribution in [-0.4, -0.2) is 33.3 Å². The van der Waals surface area contributed by atoms with Crippen LogP contribution in [0, 0.1) is 0 Å². The van der Waals surface area contributed by atoms with Crippen LogP contribution in [0.1, 0.15) is 31.7 Å². The third kappa shape index (κ3) is 1.61. The van der Waals surface area contributed by atoms with E-state index in [0.29, 0.717) is 6.04 Å². The number of ether oxygens (including phenoxy) is 1. The van der Waals surface area contributed by atoms with Gasteiger partial charge in [-0.2, -0.15) is 0 Å². The predicted molar refractivity (Wildman–Crippen MR) is 57.5 cm³/mol. The van der Waals surface area contributed by atoms with Crippen molar-refractivity contribution in [3.63, 3.8) is 0 Å². The number of rotatable bonds is 1. The molecule has 2 aliphatic rings. The Hall–Kier alpha value is -0.750. The first kappa shape index (κ1) is 9.47. The molecule has 0 amide bonds. The van der Waals surface area contributed by atoms with Crippen LogP contribution in [0.15, 0.2) is 5.16 Å². The molecule has 15 heavy (non-hydrogen) atoms. The number of hydrogen-bond acceptors (Lipinski definition) is 5. The summed E-state index contributed by atoms with van der Waals surface area (Å²) in [5.41, 5.74) is 3.38. The van der Waals surface area contributed by atoms with Crippen molar-refractivity contribution in [3.05, 3.63) is 5.82 Å². The molecule has 82 valence electrons.